The second-order valence-electron chi connectivity index (χ2n) is 8.07. The number of aromatic nitrogens is 2. The molecule has 0 unspecified atom stereocenters. The van der Waals surface area contributed by atoms with Crippen molar-refractivity contribution in [1.29, 1.82) is 0 Å². The highest BCUT2D eigenvalue weighted by molar-refractivity contribution is 5.76. The van der Waals surface area contributed by atoms with Gasteiger partial charge in [-0.25, -0.2) is 9.97 Å². The largest absolute Gasteiger partial charge is 0.496 e. The fourth-order valence-electron chi connectivity index (χ4n) is 4.03. The van der Waals surface area contributed by atoms with Crippen molar-refractivity contribution in [2.45, 2.75) is 52.5 Å². The summed E-state index contributed by atoms with van der Waals surface area (Å²) in [6, 6.07) is 10.0. The van der Waals surface area contributed by atoms with E-state index in [1.165, 1.54) is 0 Å². The zero-order chi connectivity index (χ0) is 20.8. The number of carbonyl (C=O) groups excluding carboxylic acids is 1. The molecule has 1 N–H and O–H groups in total. The molecule has 1 aliphatic heterocycles. The number of nitrogens with one attached hydrogen (secondary N) is 1. The minimum absolute atomic E-state index is 0.0718. The number of nitrogens with zero attached hydrogens (tertiary/aromatic N) is 3. The quantitative estimate of drug-likeness (QED) is 0.776. The average Bonchev–Trinajstić information content (AvgIpc) is 2.68. The van der Waals surface area contributed by atoms with Crippen molar-refractivity contribution in [3.8, 4) is 5.75 Å². The van der Waals surface area contributed by atoms with Crippen molar-refractivity contribution < 1.29 is 9.53 Å². The predicted molar refractivity (Wildman–Crippen MR) is 115 cm³/mol. The summed E-state index contributed by atoms with van der Waals surface area (Å²) in [6.45, 7) is 7.85. The van der Waals surface area contributed by atoms with Crippen molar-refractivity contribution in [3.63, 3.8) is 0 Å². The van der Waals surface area contributed by atoms with Gasteiger partial charge in [0.05, 0.1) is 7.11 Å². The molecule has 6 heteroatoms. The van der Waals surface area contributed by atoms with Crippen LogP contribution < -0.4 is 15.0 Å². The molecule has 156 valence electrons. The van der Waals surface area contributed by atoms with E-state index in [-0.39, 0.29) is 11.9 Å². The van der Waals surface area contributed by atoms with Gasteiger partial charge in [-0.3, -0.25) is 4.79 Å². The maximum atomic E-state index is 12.5. The van der Waals surface area contributed by atoms with Crippen LogP contribution in [0.1, 0.15) is 43.1 Å². The Kier molecular flexibility index (Phi) is 7.07. The van der Waals surface area contributed by atoms with E-state index in [4.69, 9.17) is 4.74 Å². The second kappa shape index (κ2) is 9.72. The summed E-state index contributed by atoms with van der Waals surface area (Å²) in [5, 5.41) is 3.15. The number of amides is 1. The zero-order valence-electron chi connectivity index (χ0n) is 17.9. The lowest BCUT2D eigenvalue weighted by atomic mass is 9.93. The van der Waals surface area contributed by atoms with Crippen LogP contribution >= 0.6 is 0 Å². The summed E-state index contributed by atoms with van der Waals surface area (Å²) in [5.41, 5.74) is 3.11. The molecule has 0 saturated carbocycles. The third-order valence-electron chi connectivity index (χ3n) is 5.47. The molecule has 1 amide bonds. The highest BCUT2D eigenvalue weighted by atomic mass is 16.5. The molecule has 1 saturated heterocycles. The smallest absolute Gasteiger partial charge is 0.225 e. The molecule has 2 heterocycles. The number of aryl methyl sites for hydroxylation is 2. The molecule has 0 radical (unpaired) electrons. The molecule has 6 nitrogen and oxygen atoms in total. The summed E-state index contributed by atoms with van der Waals surface area (Å²) in [7, 11) is 1.68. The van der Waals surface area contributed by atoms with E-state index in [9.17, 15) is 4.79 Å². The molecule has 1 fully saturated rings. The SMILES string of the molecule is COc1ccccc1C[C@@H](C)NC(=O)CC1CCN(c2nc(C)cc(C)n2)CC1. The Bertz CT molecular complexity index is 811. The predicted octanol–water partition coefficient (Wildman–Crippen LogP) is 3.46. The van der Waals surface area contributed by atoms with Gasteiger partial charge in [0.1, 0.15) is 5.75 Å². The molecule has 0 bridgehead atoms. The maximum absolute atomic E-state index is 12.5. The van der Waals surface area contributed by atoms with Crippen LogP contribution in [0.5, 0.6) is 5.75 Å². The van der Waals surface area contributed by atoms with Gasteiger partial charge < -0.3 is 15.0 Å². The summed E-state index contributed by atoms with van der Waals surface area (Å²) in [4.78, 5) is 23.9. The van der Waals surface area contributed by atoms with Gasteiger partial charge in [-0.2, -0.15) is 0 Å². The molecule has 2 aromatic rings. The van der Waals surface area contributed by atoms with Gasteiger partial charge in [0.15, 0.2) is 0 Å². The van der Waals surface area contributed by atoms with Crippen LogP contribution in [0.3, 0.4) is 0 Å². The fraction of sp³-hybridized carbons (Fsp3) is 0.522. The van der Waals surface area contributed by atoms with Gasteiger partial charge in [0.2, 0.25) is 11.9 Å². The normalized spacial score (nSPS) is 15.8. The van der Waals surface area contributed by atoms with E-state index in [1.54, 1.807) is 7.11 Å². The Morgan fingerprint density at radius 1 is 1.21 bits per heavy atom. The van der Waals surface area contributed by atoms with Crippen molar-refractivity contribution in [1.82, 2.24) is 15.3 Å². The highest BCUT2D eigenvalue weighted by Gasteiger charge is 2.24. The minimum Gasteiger partial charge on any atom is -0.496 e. The van der Waals surface area contributed by atoms with E-state index in [0.717, 1.165) is 61.0 Å². The Morgan fingerprint density at radius 3 is 2.52 bits per heavy atom. The molecule has 1 aromatic carbocycles. The van der Waals surface area contributed by atoms with Crippen LogP contribution in [0, 0.1) is 19.8 Å². The summed E-state index contributed by atoms with van der Waals surface area (Å²) >= 11 is 0. The number of benzene rings is 1. The van der Waals surface area contributed by atoms with Gasteiger partial charge in [-0.05, 0) is 63.6 Å². The number of methoxy groups -OCH3 is 1. The number of hydrogen-bond acceptors (Lipinski definition) is 5. The number of carbonyl (C=O) groups is 1. The Hall–Kier alpha value is -2.63. The monoisotopic (exact) mass is 396 g/mol. The number of anilines is 1. The van der Waals surface area contributed by atoms with Crippen LogP contribution in [-0.4, -0.2) is 42.1 Å². The van der Waals surface area contributed by atoms with E-state index in [0.29, 0.717) is 12.3 Å². The lowest BCUT2D eigenvalue weighted by Gasteiger charge is -2.32. The summed E-state index contributed by atoms with van der Waals surface area (Å²) < 4.78 is 5.41. The fourth-order valence-corrected chi connectivity index (χ4v) is 4.03. The lowest BCUT2D eigenvalue weighted by molar-refractivity contribution is -0.122. The van der Waals surface area contributed by atoms with Gasteiger partial charge in [0, 0.05) is 36.9 Å². The van der Waals surface area contributed by atoms with Crippen molar-refractivity contribution >= 4 is 11.9 Å². The number of hydrogen-bond donors (Lipinski definition) is 1. The molecular formula is C23H32N4O2. The van der Waals surface area contributed by atoms with Crippen LogP contribution in [0.15, 0.2) is 30.3 Å². The van der Waals surface area contributed by atoms with Crippen molar-refractivity contribution in [3.05, 3.63) is 47.3 Å². The standard InChI is InChI=1S/C23H32N4O2/c1-16-13-17(2)26-23(25-16)27-11-9-19(10-12-27)15-22(28)24-18(3)14-20-7-5-6-8-21(20)29-4/h5-8,13,18-19H,9-12,14-15H2,1-4H3,(H,24,28)/t18-/m1/s1. The zero-order valence-corrected chi connectivity index (χ0v) is 17.9. The van der Waals surface area contributed by atoms with Gasteiger partial charge in [-0.1, -0.05) is 18.2 Å². The molecule has 0 aliphatic carbocycles. The molecule has 29 heavy (non-hydrogen) atoms. The average molecular weight is 397 g/mol. The first-order valence-electron chi connectivity index (χ1n) is 10.4. The maximum Gasteiger partial charge on any atom is 0.225 e. The van der Waals surface area contributed by atoms with E-state index < -0.39 is 0 Å². The minimum atomic E-state index is 0.0718. The van der Waals surface area contributed by atoms with Crippen LogP contribution in [0.25, 0.3) is 0 Å². The third-order valence-corrected chi connectivity index (χ3v) is 5.47. The third kappa shape index (κ3) is 5.92. The van der Waals surface area contributed by atoms with Gasteiger partial charge in [-0.15, -0.1) is 0 Å². The first-order valence-corrected chi connectivity index (χ1v) is 10.4. The Labute approximate surface area is 173 Å². The highest BCUT2D eigenvalue weighted by Crippen LogP contribution is 2.24. The summed E-state index contributed by atoms with van der Waals surface area (Å²) in [5.74, 6) is 2.23. The second-order valence-corrected chi connectivity index (χ2v) is 8.07. The van der Waals surface area contributed by atoms with Crippen LogP contribution in [-0.2, 0) is 11.2 Å². The Balaban J connectivity index is 1.45. The topological polar surface area (TPSA) is 67.3 Å². The molecular weight excluding hydrogens is 364 g/mol. The number of piperidine rings is 1. The molecule has 3 rings (SSSR count). The first-order chi connectivity index (χ1) is 13.9. The van der Waals surface area contributed by atoms with Crippen molar-refractivity contribution in [2.24, 2.45) is 5.92 Å². The van der Waals surface area contributed by atoms with Crippen LogP contribution in [0.4, 0.5) is 5.95 Å². The number of ether oxygens (including phenoxy) is 1. The molecule has 1 atom stereocenters. The lowest BCUT2D eigenvalue weighted by Crippen LogP contribution is -2.39. The number of rotatable bonds is 7. The van der Waals surface area contributed by atoms with Gasteiger partial charge in [0.25, 0.3) is 0 Å². The number of para-hydroxylation sites is 1. The molecule has 0 spiro atoms. The first kappa shape index (κ1) is 21.1. The summed E-state index contributed by atoms with van der Waals surface area (Å²) in [6.07, 6.45) is 3.32. The van der Waals surface area contributed by atoms with E-state index in [1.807, 2.05) is 51.1 Å². The molecule has 1 aromatic heterocycles. The van der Waals surface area contributed by atoms with E-state index >= 15 is 0 Å². The van der Waals surface area contributed by atoms with Crippen LogP contribution in [0.2, 0.25) is 0 Å². The Morgan fingerprint density at radius 2 is 1.86 bits per heavy atom. The molecule has 1 aliphatic rings. The van der Waals surface area contributed by atoms with E-state index in [2.05, 4.69) is 20.2 Å². The van der Waals surface area contributed by atoms with Crippen molar-refractivity contribution in [2.75, 3.05) is 25.1 Å². The van der Waals surface area contributed by atoms with Gasteiger partial charge >= 0.3 is 0 Å².